The van der Waals surface area contributed by atoms with E-state index >= 15 is 0 Å². The van der Waals surface area contributed by atoms with Gasteiger partial charge in [-0.1, -0.05) is 18.2 Å². The van der Waals surface area contributed by atoms with Crippen LogP contribution in [0.5, 0.6) is 0 Å². The molecule has 0 atom stereocenters. The van der Waals surface area contributed by atoms with Gasteiger partial charge in [-0.2, -0.15) is 0 Å². The normalized spacial score (nSPS) is 9.41. The Bertz CT molecular complexity index is 474. The number of para-hydroxylation sites is 1. The highest BCUT2D eigenvalue weighted by Crippen LogP contribution is 2.04. The molecule has 0 fully saturated rings. The standard InChI is InChI=1S/C11H11N5S/c17-11(14-9-4-2-1-3-5-9)16-15-10-8-12-6-7-13-10/h1-8H,(H,13,15)(H2,14,16,17). The highest BCUT2D eigenvalue weighted by molar-refractivity contribution is 7.80. The fourth-order valence-electron chi connectivity index (χ4n) is 1.17. The predicted molar refractivity (Wildman–Crippen MR) is 71.5 cm³/mol. The van der Waals surface area contributed by atoms with E-state index in [0.29, 0.717) is 10.9 Å². The van der Waals surface area contributed by atoms with Crippen LogP contribution in [0.1, 0.15) is 0 Å². The Labute approximate surface area is 104 Å². The van der Waals surface area contributed by atoms with Gasteiger partial charge >= 0.3 is 0 Å². The molecule has 5 nitrogen and oxygen atoms in total. The van der Waals surface area contributed by atoms with Crippen molar-refractivity contribution >= 4 is 28.8 Å². The van der Waals surface area contributed by atoms with Gasteiger partial charge in [-0.3, -0.25) is 15.8 Å². The summed E-state index contributed by atoms with van der Waals surface area (Å²) < 4.78 is 0. The fourth-order valence-corrected chi connectivity index (χ4v) is 1.34. The predicted octanol–water partition coefficient (Wildman–Crippen LogP) is 1.79. The summed E-state index contributed by atoms with van der Waals surface area (Å²) >= 11 is 5.10. The van der Waals surface area contributed by atoms with E-state index in [4.69, 9.17) is 12.2 Å². The molecule has 1 heterocycles. The highest BCUT2D eigenvalue weighted by atomic mass is 32.1. The molecule has 0 saturated carbocycles. The van der Waals surface area contributed by atoms with Crippen LogP contribution in [0.15, 0.2) is 48.9 Å². The Morgan fingerprint density at radius 1 is 1.12 bits per heavy atom. The first kappa shape index (κ1) is 11.3. The van der Waals surface area contributed by atoms with Crippen molar-refractivity contribution in [3.8, 4) is 0 Å². The van der Waals surface area contributed by atoms with Gasteiger partial charge in [0, 0.05) is 18.1 Å². The molecule has 0 amide bonds. The van der Waals surface area contributed by atoms with Gasteiger partial charge < -0.3 is 5.32 Å². The lowest BCUT2D eigenvalue weighted by Crippen LogP contribution is -2.33. The minimum absolute atomic E-state index is 0.460. The molecule has 17 heavy (non-hydrogen) atoms. The van der Waals surface area contributed by atoms with E-state index in [1.54, 1.807) is 18.6 Å². The number of anilines is 2. The lowest BCUT2D eigenvalue weighted by Gasteiger charge is -2.11. The van der Waals surface area contributed by atoms with Crippen molar-refractivity contribution < 1.29 is 0 Å². The Morgan fingerprint density at radius 3 is 2.65 bits per heavy atom. The molecule has 0 saturated heterocycles. The maximum atomic E-state index is 5.10. The van der Waals surface area contributed by atoms with E-state index in [-0.39, 0.29) is 0 Å². The van der Waals surface area contributed by atoms with E-state index < -0.39 is 0 Å². The average molecular weight is 245 g/mol. The van der Waals surface area contributed by atoms with Gasteiger partial charge in [-0.05, 0) is 24.4 Å². The number of rotatable bonds is 3. The van der Waals surface area contributed by atoms with E-state index in [1.165, 1.54) is 0 Å². The van der Waals surface area contributed by atoms with Crippen LogP contribution in [0.2, 0.25) is 0 Å². The Kier molecular flexibility index (Phi) is 3.82. The van der Waals surface area contributed by atoms with Crippen molar-refractivity contribution in [2.45, 2.75) is 0 Å². The number of nitrogens with one attached hydrogen (secondary N) is 3. The van der Waals surface area contributed by atoms with Crippen molar-refractivity contribution in [3.05, 3.63) is 48.9 Å². The van der Waals surface area contributed by atoms with E-state index in [0.717, 1.165) is 5.69 Å². The fraction of sp³-hybridized carbons (Fsp3) is 0. The number of hydrogen-bond acceptors (Lipinski definition) is 4. The molecule has 86 valence electrons. The molecule has 0 aliphatic rings. The molecule has 0 aliphatic carbocycles. The summed E-state index contributed by atoms with van der Waals surface area (Å²) in [5, 5.41) is 3.48. The number of thiocarbonyl (C=S) groups is 1. The molecule has 0 spiro atoms. The second-order valence-corrected chi connectivity index (χ2v) is 3.57. The summed E-state index contributed by atoms with van der Waals surface area (Å²) in [4.78, 5) is 7.95. The summed E-state index contributed by atoms with van der Waals surface area (Å²) in [5.74, 6) is 0.602. The second-order valence-electron chi connectivity index (χ2n) is 3.16. The molecular formula is C11H11N5S. The number of aromatic nitrogens is 2. The Balaban J connectivity index is 1.83. The smallest absolute Gasteiger partial charge is 0.189 e. The molecule has 3 N–H and O–H groups in total. The number of hydrazine groups is 1. The van der Waals surface area contributed by atoms with Crippen molar-refractivity contribution in [2.75, 3.05) is 10.7 Å². The van der Waals surface area contributed by atoms with Gasteiger partial charge in [0.2, 0.25) is 0 Å². The minimum Gasteiger partial charge on any atom is -0.331 e. The lowest BCUT2D eigenvalue weighted by atomic mass is 10.3. The van der Waals surface area contributed by atoms with Crippen molar-refractivity contribution in [2.24, 2.45) is 0 Å². The van der Waals surface area contributed by atoms with Gasteiger partial charge in [0.1, 0.15) is 0 Å². The van der Waals surface area contributed by atoms with Crippen molar-refractivity contribution in [3.63, 3.8) is 0 Å². The Hall–Kier alpha value is -2.21. The molecule has 6 heteroatoms. The lowest BCUT2D eigenvalue weighted by molar-refractivity contribution is 1.07. The summed E-state index contributed by atoms with van der Waals surface area (Å²) in [6.07, 6.45) is 4.79. The first-order valence-corrected chi connectivity index (χ1v) is 5.39. The summed E-state index contributed by atoms with van der Waals surface area (Å²) in [7, 11) is 0. The molecule has 1 aromatic carbocycles. The van der Waals surface area contributed by atoms with Crippen LogP contribution < -0.4 is 16.2 Å². The van der Waals surface area contributed by atoms with E-state index in [1.807, 2.05) is 30.3 Å². The van der Waals surface area contributed by atoms with Gasteiger partial charge in [0.15, 0.2) is 10.9 Å². The third-order valence-electron chi connectivity index (χ3n) is 1.90. The zero-order valence-corrected chi connectivity index (χ0v) is 9.74. The maximum absolute atomic E-state index is 5.10. The molecule has 2 rings (SSSR count). The summed E-state index contributed by atoms with van der Waals surface area (Å²) in [5.41, 5.74) is 6.57. The quantitative estimate of drug-likeness (QED) is 0.566. The third-order valence-corrected chi connectivity index (χ3v) is 2.10. The van der Waals surface area contributed by atoms with Gasteiger partial charge in [-0.25, -0.2) is 4.98 Å². The summed E-state index contributed by atoms with van der Waals surface area (Å²) in [6.45, 7) is 0. The molecular weight excluding hydrogens is 234 g/mol. The molecule has 0 bridgehead atoms. The molecule has 0 unspecified atom stereocenters. The first-order valence-electron chi connectivity index (χ1n) is 4.99. The van der Waals surface area contributed by atoms with Crippen LogP contribution in [0, 0.1) is 0 Å². The van der Waals surface area contributed by atoms with Crippen molar-refractivity contribution in [1.29, 1.82) is 0 Å². The number of nitrogens with zero attached hydrogens (tertiary/aromatic N) is 2. The van der Waals surface area contributed by atoms with E-state index in [2.05, 4.69) is 26.1 Å². The molecule has 0 aliphatic heterocycles. The average Bonchev–Trinajstić information content (AvgIpc) is 2.39. The van der Waals surface area contributed by atoms with Gasteiger partial charge in [0.25, 0.3) is 0 Å². The molecule has 1 aromatic heterocycles. The Morgan fingerprint density at radius 2 is 1.94 bits per heavy atom. The maximum Gasteiger partial charge on any atom is 0.189 e. The van der Waals surface area contributed by atoms with Crippen LogP contribution in [0.3, 0.4) is 0 Å². The zero-order valence-electron chi connectivity index (χ0n) is 8.92. The highest BCUT2D eigenvalue weighted by Gasteiger charge is 1.96. The van der Waals surface area contributed by atoms with Crippen LogP contribution >= 0.6 is 12.2 Å². The third kappa shape index (κ3) is 3.69. The first-order chi connectivity index (χ1) is 8.34. The monoisotopic (exact) mass is 245 g/mol. The van der Waals surface area contributed by atoms with Crippen molar-refractivity contribution in [1.82, 2.24) is 15.4 Å². The van der Waals surface area contributed by atoms with Gasteiger partial charge in [0.05, 0.1) is 6.20 Å². The van der Waals surface area contributed by atoms with Gasteiger partial charge in [-0.15, -0.1) is 0 Å². The van der Waals surface area contributed by atoms with Crippen LogP contribution in [0.4, 0.5) is 11.5 Å². The van der Waals surface area contributed by atoms with Crippen LogP contribution in [-0.4, -0.2) is 15.1 Å². The second kappa shape index (κ2) is 5.76. The molecule has 2 aromatic rings. The minimum atomic E-state index is 0.460. The zero-order chi connectivity index (χ0) is 11.9. The number of benzene rings is 1. The summed E-state index contributed by atoms with van der Waals surface area (Å²) in [6, 6.07) is 9.66. The largest absolute Gasteiger partial charge is 0.331 e. The van der Waals surface area contributed by atoms with Crippen LogP contribution in [0.25, 0.3) is 0 Å². The SMILES string of the molecule is S=C(NNc1cnccn1)Nc1ccccc1. The topological polar surface area (TPSA) is 61.9 Å². The number of hydrogen-bond donors (Lipinski definition) is 3. The molecule has 0 radical (unpaired) electrons. The van der Waals surface area contributed by atoms with E-state index in [9.17, 15) is 0 Å². The van der Waals surface area contributed by atoms with Crippen LogP contribution in [-0.2, 0) is 0 Å².